The van der Waals surface area contributed by atoms with Crippen LogP contribution in [0, 0.1) is 0 Å². The van der Waals surface area contributed by atoms with Crippen LogP contribution in [0.25, 0.3) is 0 Å². The third-order valence-corrected chi connectivity index (χ3v) is 20.4. The first-order valence-corrected chi connectivity index (χ1v) is 26.5. The van der Waals surface area contributed by atoms with E-state index in [1.54, 1.807) is 24.3 Å². The highest BCUT2D eigenvalue weighted by molar-refractivity contribution is 7.95. The van der Waals surface area contributed by atoms with Crippen molar-refractivity contribution in [2.24, 2.45) is 0 Å². The first kappa shape index (κ1) is 52.6. The summed E-state index contributed by atoms with van der Waals surface area (Å²) in [6, 6.07) is 80.6. The Bertz CT molecular complexity index is 2650. The van der Waals surface area contributed by atoms with Crippen molar-refractivity contribution in [3.63, 3.8) is 0 Å². The van der Waals surface area contributed by atoms with Crippen LogP contribution in [0.5, 0.6) is 17.2 Å². The van der Waals surface area contributed by atoms with E-state index in [0.717, 1.165) is 12.3 Å². The molecule has 9 rings (SSSR count). The minimum absolute atomic E-state index is 0.141. The summed E-state index contributed by atoms with van der Waals surface area (Å²) in [6.45, 7) is 0. The minimum atomic E-state index is -5.05. The maximum Gasteiger partial charge on any atom is 0.416 e. The molecule has 0 spiro atoms. The summed E-state index contributed by atoms with van der Waals surface area (Å²) < 4.78 is 77.5. The quantitative estimate of drug-likeness (QED) is 0.0722. The number of rotatable bonds is 12. The van der Waals surface area contributed by atoms with Gasteiger partial charge in [-0.1, -0.05) is 133 Å². The molecule has 0 bridgehead atoms. The summed E-state index contributed by atoms with van der Waals surface area (Å²) in [5, 5.41) is 47.8. The van der Waals surface area contributed by atoms with Crippen LogP contribution >= 0.6 is 14.5 Å². The summed E-state index contributed by atoms with van der Waals surface area (Å²) in [5.74, 6) is -0.462. The first-order valence-electron chi connectivity index (χ1n) is 22.5. The lowest BCUT2D eigenvalue weighted by molar-refractivity contribution is -0.372. The van der Waals surface area contributed by atoms with Gasteiger partial charge >= 0.3 is 12.4 Å². The van der Waals surface area contributed by atoms with Gasteiger partial charge in [-0.3, -0.25) is 0 Å². The lowest BCUT2D eigenvalue weighted by Crippen LogP contribution is -2.50. The molecule has 0 heterocycles. The minimum Gasteiger partial charge on any atom is -0.860 e. The molecule has 0 unspecified atom stereocenters. The Balaban J connectivity index is 0.000000162. The van der Waals surface area contributed by atoms with Gasteiger partial charge in [-0.05, 0) is 126 Å². The lowest BCUT2D eigenvalue weighted by Gasteiger charge is -2.27. The van der Waals surface area contributed by atoms with Crippen molar-refractivity contribution >= 4 is 53.7 Å². The SMILES string of the molecule is Oc1ccc(C[P+](c2ccccc2)(c2ccccc2)c2ccccc2)cc1.Oc1ccc(C[P+](c2ccccc2)(c2ccccc2)c2ccccc2)cc1.[O-]B([O-])Oc1cc(C(F)(F)F)cc(C(F)(F)F)c1. The molecule has 0 saturated carbocycles. The Morgan fingerprint density at radius 1 is 0.361 bits per heavy atom. The van der Waals surface area contributed by atoms with Gasteiger partial charge in [0.05, 0.1) is 29.2 Å². The molecule has 0 radical (unpaired) electrons. The Kier molecular flexibility index (Phi) is 17.4. The van der Waals surface area contributed by atoms with E-state index in [4.69, 9.17) is 0 Å². The number of hydrogen-bond acceptors (Lipinski definition) is 5. The molecule has 2 N–H and O–H groups in total. The standard InChI is InChI=1S/2C25H21OP.C8H3BF6O3/c2*26-22-18-16-21(17-19-22)20-27(23-10-4-1-5-11-23,24-12-6-2-7-13-24)25-14-8-3-9-15-25;10-7(11,12)4-1-5(8(13,14)15)3-6(2-4)18-9(16)17/h2*1-19H,20H2;1-3H/q;;-2/p+2. The lowest BCUT2D eigenvalue weighted by atomic mass is 10.1. The number of phenols is 2. The fraction of sp³-hybridized carbons (Fsp3) is 0.0690. The Morgan fingerprint density at radius 3 is 0.806 bits per heavy atom. The normalized spacial score (nSPS) is 11.6. The Hall–Kier alpha value is -7.20. The van der Waals surface area contributed by atoms with E-state index in [0.29, 0.717) is 11.5 Å². The summed E-state index contributed by atoms with van der Waals surface area (Å²) in [6.07, 6.45) is -8.27. The fourth-order valence-electron chi connectivity index (χ4n) is 8.39. The molecule has 0 aromatic heterocycles. The monoisotopic (exact) mass is 1010 g/mol. The predicted molar refractivity (Wildman–Crippen MR) is 277 cm³/mol. The molecule has 0 saturated heterocycles. The second-order valence-corrected chi connectivity index (χ2v) is 23.4. The van der Waals surface area contributed by atoms with Crippen LogP contribution in [0.15, 0.2) is 249 Å². The molecule has 0 aliphatic rings. The Labute approximate surface area is 416 Å². The van der Waals surface area contributed by atoms with E-state index in [2.05, 4.69) is 187 Å². The zero-order chi connectivity index (χ0) is 51.2. The van der Waals surface area contributed by atoms with Crippen LogP contribution in [0.2, 0.25) is 0 Å². The van der Waals surface area contributed by atoms with Crippen molar-refractivity contribution < 1.29 is 51.3 Å². The average molecular weight is 1010 g/mol. The summed E-state index contributed by atoms with van der Waals surface area (Å²) in [4.78, 5) is 0. The zero-order valence-electron chi connectivity index (χ0n) is 38.4. The van der Waals surface area contributed by atoms with Crippen molar-refractivity contribution in [2.75, 3.05) is 0 Å². The largest absolute Gasteiger partial charge is 0.860 e. The molecule has 9 aromatic carbocycles. The highest BCUT2D eigenvalue weighted by Gasteiger charge is 2.46. The van der Waals surface area contributed by atoms with Gasteiger partial charge < -0.3 is 24.9 Å². The number of halogens is 6. The van der Waals surface area contributed by atoms with Gasteiger partial charge in [0, 0.05) is 0 Å². The van der Waals surface area contributed by atoms with E-state index in [1.807, 2.05) is 24.3 Å². The third kappa shape index (κ3) is 13.2. The molecule has 9 aromatic rings. The first-order chi connectivity index (χ1) is 34.6. The van der Waals surface area contributed by atoms with Gasteiger partial charge in [-0.25, -0.2) is 0 Å². The third-order valence-electron chi connectivity index (χ3n) is 11.7. The van der Waals surface area contributed by atoms with Crippen LogP contribution in [0.4, 0.5) is 26.3 Å². The molecular formula is C58H47BF6O5P2. The summed E-state index contributed by atoms with van der Waals surface area (Å²) in [7, 11) is -6.76. The molecule has 0 aliphatic carbocycles. The van der Waals surface area contributed by atoms with E-state index >= 15 is 0 Å². The van der Waals surface area contributed by atoms with Crippen LogP contribution in [0.1, 0.15) is 22.3 Å². The van der Waals surface area contributed by atoms with Gasteiger partial charge in [-0.15, -0.1) is 0 Å². The number of hydrogen-bond donors (Lipinski definition) is 2. The second-order valence-electron chi connectivity index (χ2n) is 16.4. The number of aromatic hydroxyl groups is 2. The van der Waals surface area contributed by atoms with Crippen molar-refractivity contribution in [2.45, 2.75) is 24.7 Å². The molecule has 0 fully saturated rings. The predicted octanol–water partition coefficient (Wildman–Crippen LogP) is 10.6. The smallest absolute Gasteiger partial charge is 0.416 e. The van der Waals surface area contributed by atoms with E-state index < -0.39 is 51.1 Å². The summed E-state index contributed by atoms with van der Waals surface area (Å²) in [5.41, 5.74) is -0.851. The fourth-order valence-corrected chi connectivity index (χ4v) is 16.9. The molecule has 0 atom stereocenters. The highest BCUT2D eigenvalue weighted by Crippen LogP contribution is 2.59. The van der Waals surface area contributed by atoms with Crippen LogP contribution in [-0.2, 0) is 24.7 Å². The average Bonchev–Trinajstić information content (AvgIpc) is 3.39. The van der Waals surface area contributed by atoms with Gasteiger partial charge in [0.15, 0.2) is 0 Å². The van der Waals surface area contributed by atoms with E-state index in [9.17, 15) is 46.6 Å². The molecule has 5 nitrogen and oxygen atoms in total. The van der Waals surface area contributed by atoms with Gasteiger partial charge in [-0.2, -0.15) is 26.3 Å². The maximum absolute atomic E-state index is 12.3. The Morgan fingerprint density at radius 2 is 0.597 bits per heavy atom. The number of phenolic OH excluding ortho intramolecular Hbond substituents is 2. The molecule has 0 aliphatic heterocycles. The van der Waals surface area contributed by atoms with E-state index in [1.165, 1.54) is 43.0 Å². The molecule has 364 valence electrons. The van der Waals surface area contributed by atoms with Gasteiger partial charge in [0.25, 0.3) is 0 Å². The topological polar surface area (TPSA) is 95.8 Å². The molecule has 0 amide bonds. The molecule has 72 heavy (non-hydrogen) atoms. The van der Waals surface area contributed by atoms with Crippen LogP contribution in [-0.4, -0.2) is 17.5 Å². The van der Waals surface area contributed by atoms with Crippen molar-refractivity contribution in [3.8, 4) is 17.2 Å². The number of benzene rings is 9. The van der Waals surface area contributed by atoms with Gasteiger partial charge in [0.2, 0.25) is 0 Å². The van der Waals surface area contributed by atoms with Crippen molar-refractivity contribution in [1.82, 2.24) is 0 Å². The van der Waals surface area contributed by atoms with Crippen LogP contribution in [0.3, 0.4) is 0 Å². The molecular weight excluding hydrogens is 963 g/mol. The van der Waals surface area contributed by atoms with E-state index in [-0.39, 0.29) is 18.2 Å². The highest BCUT2D eigenvalue weighted by atomic mass is 31.2. The van der Waals surface area contributed by atoms with Gasteiger partial charge in [0.1, 0.15) is 65.2 Å². The van der Waals surface area contributed by atoms with Crippen LogP contribution < -0.4 is 46.5 Å². The second kappa shape index (κ2) is 23.8. The zero-order valence-corrected chi connectivity index (χ0v) is 40.2. The summed E-state index contributed by atoms with van der Waals surface area (Å²) >= 11 is 0. The van der Waals surface area contributed by atoms with Crippen molar-refractivity contribution in [3.05, 3.63) is 271 Å². The number of alkyl halides is 6. The van der Waals surface area contributed by atoms with Crippen molar-refractivity contribution in [1.29, 1.82) is 0 Å². The maximum atomic E-state index is 12.3. The molecule has 14 heteroatoms.